The van der Waals surface area contributed by atoms with E-state index in [-0.39, 0.29) is 12.4 Å². The van der Waals surface area contributed by atoms with Gasteiger partial charge in [0, 0.05) is 17.2 Å². The van der Waals surface area contributed by atoms with Crippen LogP contribution in [0.1, 0.15) is 0 Å². The molecule has 110 valence electrons. The Balaban J connectivity index is 2.15. The zero-order chi connectivity index (χ0) is 15.4. The minimum atomic E-state index is -0.452. The van der Waals surface area contributed by atoms with Crippen LogP contribution in [0.25, 0.3) is 0 Å². The van der Waals surface area contributed by atoms with Crippen LogP contribution in [-0.2, 0) is 11.3 Å². The van der Waals surface area contributed by atoms with Gasteiger partial charge in [-0.2, -0.15) is 0 Å². The number of nitrogens with one attached hydrogen (secondary N) is 1. The van der Waals surface area contributed by atoms with Crippen molar-refractivity contribution in [1.82, 2.24) is 9.78 Å². The van der Waals surface area contributed by atoms with Gasteiger partial charge in [0.1, 0.15) is 6.54 Å². The Hall–Kier alpha value is -2.54. The highest BCUT2D eigenvalue weighted by Gasteiger charge is 2.09. The van der Waals surface area contributed by atoms with E-state index in [2.05, 4.69) is 10.4 Å². The molecule has 0 aliphatic heterocycles. The Kier molecular flexibility index (Phi) is 4.44. The maximum Gasteiger partial charge on any atom is 0.267 e. The topological polar surface area (TPSA) is 99.2 Å². The first-order valence-corrected chi connectivity index (χ1v) is 6.34. The fraction of sp³-hybridized carbons (Fsp3) is 0.154. The van der Waals surface area contributed by atoms with E-state index in [1.807, 2.05) is 0 Å². The summed E-state index contributed by atoms with van der Waals surface area (Å²) in [5, 5.41) is 6.89. The number of hydrogen-bond acceptors (Lipinski definition) is 5. The lowest BCUT2D eigenvalue weighted by atomic mass is 10.2. The number of ether oxygens (including phenoxy) is 1. The molecule has 0 saturated heterocycles. The number of hydrogen-bond donors (Lipinski definition) is 2. The SMILES string of the molecule is COc1ccc(=O)n(CC(=O)Nc2cc(Cl)ccc2N)n1. The summed E-state index contributed by atoms with van der Waals surface area (Å²) < 4.78 is 5.90. The summed E-state index contributed by atoms with van der Waals surface area (Å²) in [6.45, 7) is -0.262. The highest BCUT2D eigenvalue weighted by Crippen LogP contribution is 2.22. The number of nitrogens with two attached hydrogens (primary N) is 1. The van der Waals surface area contributed by atoms with Gasteiger partial charge in [0.2, 0.25) is 11.8 Å². The normalized spacial score (nSPS) is 10.2. The predicted molar refractivity (Wildman–Crippen MR) is 79.5 cm³/mol. The molecule has 8 heteroatoms. The van der Waals surface area contributed by atoms with Crippen LogP contribution in [0.4, 0.5) is 11.4 Å². The molecule has 0 aliphatic carbocycles. The molecule has 0 bridgehead atoms. The lowest BCUT2D eigenvalue weighted by Gasteiger charge is -2.09. The lowest BCUT2D eigenvalue weighted by Crippen LogP contribution is -2.29. The van der Waals surface area contributed by atoms with Crippen LogP contribution in [0.2, 0.25) is 5.02 Å². The second-order valence-corrected chi connectivity index (χ2v) is 4.59. The van der Waals surface area contributed by atoms with Crippen molar-refractivity contribution in [3.05, 3.63) is 45.7 Å². The van der Waals surface area contributed by atoms with Crippen molar-refractivity contribution in [1.29, 1.82) is 0 Å². The molecule has 2 aromatic rings. The van der Waals surface area contributed by atoms with Crippen LogP contribution >= 0.6 is 11.6 Å². The number of halogens is 1. The molecule has 0 unspecified atom stereocenters. The molecule has 1 aromatic heterocycles. The summed E-state index contributed by atoms with van der Waals surface area (Å²) in [6, 6.07) is 7.41. The third kappa shape index (κ3) is 3.73. The Labute approximate surface area is 125 Å². The van der Waals surface area contributed by atoms with Gasteiger partial charge in [0.15, 0.2) is 0 Å². The zero-order valence-corrected chi connectivity index (χ0v) is 11.9. The number of aromatic nitrogens is 2. The van der Waals surface area contributed by atoms with Gasteiger partial charge in [0.05, 0.1) is 18.5 Å². The Morgan fingerprint density at radius 2 is 2.19 bits per heavy atom. The monoisotopic (exact) mass is 308 g/mol. The van der Waals surface area contributed by atoms with Crippen LogP contribution in [0.15, 0.2) is 35.1 Å². The van der Waals surface area contributed by atoms with Gasteiger partial charge < -0.3 is 15.8 Å². The molecule has 7 nitrogen and oxygen atoms in total. The molecule has 21 heavy (non-hydrogen) atoms. The van der Waals surface area contributed by atoms with Gasteiger partial charge in [-0.3, -0.25) is 9.59 Å². The second kappa shape index (κ2) is 6.27. The highest BCUT2D eigenvalue weighted by atomic mass is 35.5. The summed E-state index contributed by atoms with van der Waals surface area (Å²) in [5.41, 5.74) is 6.07. The van der Waals surface area contributed by atoms with Gasteiger partial charge in [-0.1, -0.05) is 11.6 Å². The summed E-state index contributed by atoms with van der Waals surface area (Å²) in [7, 11) is 1.42. The van der Waals surface area contributed by atoms with Crippen molar-refractivity contribution in [3.63, 3.8) is 0 Å². The van der Waals surface area contributed by atoms with Gasteiger partial charge in [-0.05, 0) is 18.2 Å². The Morgan fingerprint density at radius 1 is 1.43 bits per heavy atom. The summed E-state index contributed by atoms with van der Waals surface area (Å²) in [4.78, 5) is 23.6. The molecule has 3 N–H and O–H groups in total. The van der Waals surface area contributed by atoms with Crippen molar-refractivity contribution in [3.8, 4) is 5.88 Å². The fourth-order valence-electron chi connectivity index (χ4n) is 1.61. The van der Waals surface area contributed by atoms with Crippen molar-refractivity contribution < 1.29 is 9.53 Å². The van der Waals surface area contributed by atoms with E-state index < -0.39 is 11.5 Å². The first-order chi connectivity index (χ1) is 9.99. The third-order valence-corrected chi connectivity index (χ3v) is 2.87. The van der Waals surface area contributed by atoms with Gasteiger partial charge in [0.25, 0.3) is 5.56 Å². The molecule has 0 fully saturated rings. The number of carbonyl (C=O) groups is 1. The summed E-state index contributed by atoms with van der Waals surface area (Å²) in [6.07, 6.45) is 0. The molecule has 0 radical (unpaired) electrons. The lowest BCUT2D eigenvalue weighted by molar-refractivity contribution is -0.117. The first kappa shape index (κ1) is 14.9. The second-order valence-electron chi connectivity index (χ2n) is 4.15. The van der Waals surface area contributed by atoms with E-state index in [4.69, 9.17) is 22.1 Å². The molecular formula is C13H13ClN4O3. The zero-order valence-electron chi connectivity index (χ0n) is 11.2. The predicted octanol–water partition coefficient (Wildman–Crippen LogP) is 1.13. The number of amides is 1. The number of methoxy groups -OCH3 is 1. The Morgan fingerprint density at radius 3 is 2.90 bits per heavy atom. The molecule has 1 aromatic carbocycles. The third-order valence-electron chi connectivity index (χ3n) is 2.63. The minimum Gasteiger partial charge on any atom is -0.480 e. The summed E-state index contributed by atoms with van der Waals surface area (Å²) >= 11 is 5.83. The van der Waals surface area contributed by atoms with E-state index in [9.17, 15) is 9.59 Å². The number of anilines is 2. The van der Waals surface area contributed by atoms with E-state index in [1.165, 1.54) is 25.3 Å². The van der Waals surface area contributed by atoms with Crippen LogP contribution in [0.3, 0.4) is 0 Å². The van der Waals surface area contributed by atoms with Crippen molar-refractivity contribution in [2.45, 2.75) is 6.54 Å². The molecule has 0 aliphatic rings. The van der Waals surface area contributed by atoms with E-state index in [0.717, 1.165) is 4.68 Å². The smallest absolute Gasteiger partial charge is 0.267 e. The molecular weight excluding hydrogens is 296 g/mol. The van der Waals surface area contributed by atoms with Crippen LogP contribution in [0.5, 0.6) is 5.88 Å². The maximum absolute atomic E-state index is 11.9. The quantitative estimate of drug-likeness (QED) is 0.825. The van der Waals surface area contributed by atoms with Crippen LogP contribution < -0.4 is 21.3 Å². The van der Waals surface area contributed by atoms with Crippen molar-refractivity contribution in [2.24, 2.45) is 0 Å². The minimum absolute atomic E-state index is 0.240. The van der Waals surface area contributed by atoms with Crippen molar-refractivity contribution >= 4 is 28.9 Å². The van der Waals surface area contributed by atoms with Gasteiger partial charge in [-0.15, -0.1) is 5.10 Å². The number of rotatable bonds is 4. The number of nitrogens with zero attached hydrogens (tertiary/aromatic N) is 2. The molecule has 1 heterocycles. The molecule has 2 rings (SSSR count). The molecule has 0 spiro atoms. The fourth-order valence-corrected chi connectivity index (χ4v) is 1.79. The number of benzene rings is 1. The Bertz CT molecular complexity index is 730. The molecule has 1 amide bonds. The first-order valence-electron chi connectivity index (χ1n) is 5.96. The van der Waals surface area contributed by atoms with Gasteiger partial charge >= 0.3 is 0 Å². The van der Waals surface area contributed by atoms with E-state index >= 15 is 0 Å². The molecule has 0 saturated carbocycles. The van der Waals surface area contributed by atoms with Crippen LogP contribution in [-0.4, -0.2) is 22.8 Å². The molecule has 0 atom stereocenters. The maximum atomic E-state index is 11.9. The van der Waals surface area contributed by atoms with E-state index in [1.54, 1.807) is 12.1 Å². The average molecular weight is 309 g/mol. The standard InChI is InChI=1S/C13H13ClN4O3/c1-21-12-4-5-13(20)18(17-12)7-11(19)16-10-6-8(14)2-3-9(10)15/h2-6H,7,15H2,1H3,(H,16,19). The number of nitrogen functional groups attached to an aromatic ring is 1. The average Bonchev–Trinajstić information content (AvgIpc) is 2.45. The highest BCUT2D eigenvalue weighted by molar-refractivity contribution is 6.31. The van der Waals surface area contributed by atoms with Gasteiger partial charge in [-0.25, -0.2) is 4.68 Å². The van der Waals surface area contributed by atoms with Crippen molar-refractivity contribution in [2.75, 3.05) is 18.2 Å². The van der Waals surface area contributed by atoms with E-state index in [0.29, 0.717) is 16.4 Å². The number of carbonyl (C=O) groups excluding carboxylic acids is 1. The summed E-state index contributed by atoms with van der Waals surface area (Å²) in [5.74, 6) is -0.212. The largest absolute Gasteiger partial charge is 0.480 e. The van der Waals surface area contributed by atoms with Crippen LogP contribution in [0, 0.1) is 0 Å².